The smallest absolute Gasteiger partial charge is 0.0766 e. The Labute approximate surface area is 141 Å². The highest BCUT2D eigenvalue weighted by Gasteiger charge is 2.13. The first-order valence-corrected chi connectivity index (χ1v) is 8.03. The molecule has 0 saturated carbocycles. The van der Waals surface area contributed by atoms with Crippen LogP contribution < -0.4 is 4.90 Å². The third kappa shape index (κ3) is 3.63. The van der Waals surface area contributed by atoms with Crippen LogP contribution in [0.1, 0.15) is 12.5 Å². The van der Waals surface area contributed by atoms with Crippen molar-refractivity contribution in [3.63, 3.8) is 0 Å². The first kappa shape index (κ1) is 15.8. The van der Waals surface area contributed by atoms with Crippen molar-refractivity contribution in [1.82, 2.24) is 4.98 Å². The first-order valence-electron chi connectivity index (χ1n) is 7.65. The lowest BCUT2D eigenvalue weighted by molar-refractivity contribution is 0.199. The largest absolute Gasteiger partial charge is 0.392 e. The summed E-state index contributed by atoms with van der Waals surface area (Å²) in [4.78, 5) is 6.65. The van der Waals surface area contributed by atoms with Crippen LogP contribution in [0.3, 0.4) is 0 Å². The maximum atomic E-state index is 9.84. The fraction of sp³-hybridized carbons (Fsp3) is 0.211. The molecular weight excluding hydrogens is 308 g/mol. The number of aromatic nitrogens is 1. The average Bonchev–Trinajstić information content (AvgIpc) is 2.57. The van der Waals surface area contributed by atoms with Gasteiger partial charge in [0, 0.05) is 35.4 Å². The van der Waals surface area contributed by atoms with Crippen LogP contribution in [0.2, 0.25) is 5.02 Å². The van der Waals surface area contributed by atoms with Gasteiger partial charge in [0.05, 0.1) is 11.6 Å². The highest BCUT2D eigenvalue weighted by molar-refractivity contribution is 6.35. The summed E-state index contributed by atoms with van der Waals surface area (Å²) < 4.78 is 0. The average molecular weight is 327 g/mol. The van der Waals surface area contributed by atoms with Crippen molar-refractivity contribution < 1.29 is 5.11 Å². The Bertz CT molecular complexity index is 790. The molecule has 0 aliphatic heterocycles. The third-order valence-corrected chi connectivity index (χ3v) is 4.10. The van der Waals surface area contributed by atoms with Gasteiger partial charge >= 0.3 is 0 Å². The molecule has 118 valence electrons. The van der Waals surface area contributed by atoms with Gasteiger partial charge < -0.3 is 10.0 Å². The summed E-state index contributed by atoms with van der Waals surface area (Å²) in [6.07, 6.45) is 1.37. The Balaban J connectivity index is 1.99. The summed E-state index contributed by atoms with van der Waals surface area (Å²) in [5, 5.41) is 11.5. The van der Waals surface area contributed by atoms with E-state index >= 15 is 0 Å². The lowest BCUT2D eigenvalue weighted by Gasteiger charge is -2.26. The summed E-state index contributed by atoms with van der Waals surface area (Å²) in [5.41, 5.74) is 3.08. The zero-order chi connectivity index (χ0) is 16.2. The van der Waals surface area contributed by atoms with Crippen LogP contribution in [0.15, 0.2) is 60.8 Å². The number of rotatable bonds is 5. The number of hydrogen-bond acceptors (Lipinski definition) is 3. The van der Waals surface area contributed by atoms with E-state index in [0.29, 0.717) is 18.1 Å². The van der Waals surface area contributed by atoms with Gasteiger partial charge in [-0.05, 0) is 42.8 Å². The van der Waals surface area contributed by atoms with Gasteiger partial charge in [-0.3, -0.25) is 4.98 Å². The first-order chi connectivity index (χ1) is 11.1. The number of anilines is 1. The minimum atomic E-state index is -0.415. The Hall–Kier alpha value is -2.10. The van der Waals surface area contributed by atoms with Gasteiger partial charge in [-0.15, -0.1) is 0 Å². The summed E-state index contributed by atoms with van der Waals surface area (Å²) in [6.45, 7) is 3.02. The van der Waals surface area contributed by atoms with Crippen molar-refractivity contribution in [3.8, 4) is 0 Å². The van der Waals surface area contributed by atoms with E-state index in [4.69, 9.17) is 11.6 Å². The highest BCUT2D eigenvalue weighted by Crippen LogP contribution is 2.27. The third-order valence-electron chi connectivity index (χ3n) is 3.77. The van der Waals surface area contributed by atoms with Crippen molar-refractivity contribution in [2.45, 2.75) is 19.6 Å². The molecule has 1 atom stereocenters. The summed E-state index contributed by atoms with van der Waals surface area (Å²) >= 11 is 6.27. The molecule has 0 fully saturated rings. The maximum absolute atomic E-state index is 9.84. The number of nitrogens with zero attached hydrogens (tertiary/aromatic N) is 2. The fourth-order valence-electron chi connectivity index (χ4n) is 2.75. The topological polar surface area (TPSA) is 36.4 Å². The zero-order valence-electron chi connectivity index (χ0n) is 13.0. The predicted molar refractivity (Wildman–Crippen MR) is 95.9 cm³/mol. The molecule has 23 heavy (non-hydrogen) atoms. The predicted octanol–water partition coefficient (Wildman–Crippen LogP) is 4.28. The monoisotopic (exact) mass is 326 g/mol. The van der Waals surface area contributed by atoms with Gasteiger partial charge in [0.1, 0.15) is 0 Å². The molecule has 3 aromatic rings. The number of fused-ring (bicyclic) bond motifs is 1. The van der Waals surface area contributed by atoms with E-state index in [0.717, 1.165) is 22.2 Å². The zero-order valence-corrected chi connectivity index (χ0v) is 13.7. The van der Waals surface area contributed by atoms with E-state index in [2.05, 4.69) is 9.88 Å². The van der Waals surface area contributed by atoms with Crippen molar-refractivity contribution in [2.75, 3.05) is 11.4 Å². The molecule has 0 saturated heterocycles. The lowest BCUT2D eigenvalue weighted by Crippen LogP contribution is -2.30. The van der Waals surface area contributed by atoms with Crippen LogP contribution in [-0.2, 0) is 6.54 Å². The van der Waals surface area contributed by atoms with E-state index in [1.165, 1.54) is 0 Å². The number of benzene rings is 2. The minimum absolute atomic E-state index is 0.415. The van der Waals surface area contributed by atoms with Crippen LogP contribution in [0.4, 0.5) is 5.69 Å². The minimum Gasteiger partial charge on any atom is -0.392 e. The second-order valence-corrected chi connectivity index (χ2v) is 6.08. The Morgan fingerprint density at radius 2 is 1.87 bits per heavy atom. The molecule has 1 heterocycles. The van der Waals surface area contributed by atoms with E-state index in [1.54, 1.807) is 13.1 Å². The molecule has 3 nitrogen and oxygen atoms in total. The molecule has 1 aromatic heterocycles. The molecule has 4 heteroatoms. The molecule has 1 unspecified atom stereocenters. The molecule has 2 aromatic carbocycles. The van der Waals surface area contributed by atoms with Crippen molar-refractivity contribution in [1.29, 1.82) is 0 Å². The molecule has 0 bridgehead atoms. The van der Waals surface area contributed by atoms with Gasteiger partial charge in [-0.2, -0.15) is 0 Å². The Kier molecular flexibility index (Phi) is 4.79. The molecule has 0 aliphatic carbocycles. The van der Waals surface area contributed by atoms with Crippen molar-refractivity contribution in [3.05, 3.63) is 71.4 Å². The number of hydrogen-bond donors (Lipinski definition) is 1. The maximum Gasteiger partial charge on any atom is 0.0766 e. The molecular formula is C19H19ClN2O. The van der Waals surface area contributed by atoms with E-state index in [1.807, 2.05) is 54.6 Å². The SMILES string of the molecule is CC(O)CN(Cc1ccc(Cl)c2cccnc12)c1ccccc1. The lowest BCUT2D eigenvalue weighted by atomic mass is 10.1. The second-order valence-electron chi connectivity index (χ2n) is 5.67. The standard InChI is InChI=1S/C19H19ClN2O/c1-14(23)12-22(16-6-3-2-4-7-16)13-15-9-10-18(20)17-8-5-11-21-19(15)17/h2-11,14,23H,12-13H2,1H3. The molecule has 3 rings (SSSR count). The van der Waals surface area contributed by atoms with Crippen LogP contribution in [-0.4, -0.2) is 22.7 Å². The van der Waals surface area contributed by atoms with Crippen molar-refractivity contribution in [2.24, 2.45) is 0 Å². The number of aliphatic hydroxyl groups is 1. The molecule has 0 amide bonds. The molecule has 0 spiro atoms. The van der Waals surface area contributed by atoms with Gasteiger partial charge in [0.25, 0.3) is 0 Å². The second kappa shape index (κ2) is 6.99. The Morgan fingerprint density at radius 3 is 2.61 bits per heavy atom. The summed E-state index contributed by atoms with van der Waals surface area (Å²) in [5.74, 6) is 0. The van der Waals surface area contributed by atoms with E-state index < -0.39 is 6.10 Å². The molecule has 0 radical (unpaired) electrons. The summed E-state index contributed by atoms with van der Waals surface area (Å²) in [7, 11) is 0. The molecule has 0 aliphatic rings. The van der Waals surface area contributed by atoms with Crippen LogP contribution >= 0.6 is 11.6 Å². The fourth-order valence-corrected chi connectivity index (χ4v) is 2.96. The number of pyridine rings is 1. The van der Waals surface area contributed by atoms with Crippen LogP contribution in [0, 0.1) is 0 Å². The number of para-hydroxylation sites is 1. The number of aliphatic hydroxyl groups excluding tert-OH is 1. The van der Waals surface area contributed by atoms with Crippen LogP contribution in [0.5, 0.6) is 0 Å². The number of halogens is 1. The normalized spacial score (nSPS) is 12.3. The quantitative estimate of drug-likeness (QED) is 0.760. The highest BCUT2D eigenvalue weighted by atomic mass is 35.5. The van der Waals surface area contributed by atoms with Gasteiger partial charge in [-0.25, -0.2) is 0 Å². The van der Waals surface area contributed by atoms with Gasteiger partial charge in [0.15, 0.2) is 0 Å². The van der Waals surface area contributed by atoms with E-state index in [-0.39, 0.29) is 0 Å². The van der Waals surface area contributed by atoms with Gasteiger partial charge in [-0.1, -0.05) is 35.9 Å². The molecule has 1 N–H and O–H groups in total. The summed E-state index contributed by atoms with van der Waals surface area (Å²) in [6, 6.07) is 17.9. The Morgan fingerprint density at radius 1 is 1.09 bits per heavy atom. The van der Waals surface area contributed by atoms with Crippen LogP contribution in [0.25, 0.3) is 10.9 Å². The van der Waals surface area contributed by atoms with E-state index in [9.17, 15) is 5.11 Å². The van der Waals surface area contributed by atoms with Gasteiger partial charge in [0.2, 0.25) is 0 Å². The van der Waals surface area contributed by atoms with Crippen molar-refractivity contribution >= 4 is 28.2 Å².